The molecule has 0 aromatic rings. The standard InChI is InChI=1S/C11H9N3/c1-8-7-10-4-2-3-9-5-6-12-11(13-8)14(9)10/h2-7H,1H3. The van der Waals surface area contributed by atoms with Crippen LogP contribution in [0.3, 0.4) is 0 Å². The minimum atomic E-state index is 0.762. The van der Waals surface area contributed by atoms with Gasteiger partial charge in [-0.2, -0.15) is 0 Å². The van der Waals surface area contributed by atoms with Gasteiger partial charge in [0.2, 0.25) is 5.96 Å². The largest absolute Gasteiger partial charge is 0.279 e. The molecule has 0 aromatic heterocycles. The van der Waals surface area contributed by atoms with Crippen molar-refractivity contribution in [1.82, 2.24) is 4.90 Å². The summed E-state index contributed by atoms with van der Waals surface area (Å²) in [7, 11) is 0. The summed E-state index contributed by atoms with van der Waals surface area (Å²) in [6.45, 7) is 1.98. The van der Waals surface area contributed by atoms with Crippen LogP contribution in [-0.2, 0) is 0 Å². The first kappa shape index (κ1) is 7.50. The third-order valence-electron chi connectivity index (χ3n) is 2.32. The molecule has 0 N–H and O–H groups in total. The van der Waals surface area contributed by atoms with Crippen molar-refractivity contribution in [3.63, 3.8) is 0 Å². The Hall–Kier alpha value is -1.90. The molecule has 0 aliphatic carbocycles. The maximum atomic E-state index is 4.38. The smallest absolute Gasteiger partial charge is 0.234 e. The van der Waals surface area contributed by atoms with Gasteiger partial charge in [-0.05, 0) is 31.2 Å². The summed E-state index contributed by atoms with van der Waals surface area (Å²) in [6.07, 6.45) is 12.0. The summed E-state index contributed by atoms with van der Waals surface area (Å²) in [4.78, 5) is 10.7. The average Bonchev–Trinajstić information content (AvgIpc) is 2.18. The Morgan fingerprint density at radius 3 is 3.07 bits per heavy atom. The van der Waals surface area contributed by atoms with Crippen LogP contribution < -0.4 is 0 Å². The predicted octanol–water partition coefficient (Wildman–Crippen LogP) is 1.98. The van der Waals surface area contributed by atoms with Crippen molar-refractivity contribution in [3.05, 3.63) is 47.5 Å². The molecule has 68 valence electrons. The second-order valence-electron chi connectivity index (χ2n) is 3.35. The zero-order chi connectivity index (χ0) is 9.54. The summed E-state index contributed by atoms with van der Waals surface area (Å²) >= 11 is 0. The van der Waals surface area contributed by atoms with E-state index in [1.807, 2.05) is 24.0 Å². The number of guanidine groups is 1. The van der Waals surface area contributed by atoms with E-state index < -0.39 is 0 Å². The molecule has 0 spiro atoms. The molecule has 0 atom stereocenters. The Labute approximate surface area is 82.2 Å². The molecule has 0 fully saturated rings. The highest BCUT2D eigenvalue weighted by atomic mass is 15.3. The number of hydrogen-bond acceptors (Lipinski definition) is 3. The van der Waals surface area contributed by atoms with Gasteiger partial charge in [0.25, 0.3) is 0 Å². The van der Waals surface area contributed by atoms with Gasteiger partial charge >= 0.3 is 0 Å². The van der Waals surface area contributed by atoms with E-state index in [1.165, 1.54) is 0 Å². The number of allylic oxidation sites excluding steroid dienone is 6. The molecule has 0 saturated carbocycles. The Kier molecular flexibility index (Phi) is 1.36. The Morgan fingerprint density at radius 1 is 1.21 bits per heavy atom. The van der Waals surface area contributed by atoms with Gasteiger partial charge in [0.05, 0.1) is 11.4 Å². The van der Waals surface area contributed by atoms with Gasteiger partial charge in [-0.1, -0.05) is 6.08 Å². The van der Waals surface area contributed by atoms with E-state index in [0.717, 1.165) is 23.1 Å². The minimum absolute atomic E-state index is 0.762. The van der Waals surface area contributed by atoms with E-state index in [2.05, 4.69) is 28.2 Å². The molecule has 0 radical (unpaired) electrons. The van der Waals surface area contributed by atoms with Crippen LogP contribution in [0.4, 0.5) is 0 Å². The van der Waals surface area contributed by atoms with Crippen LogP contribution in [0.5, 0.6) is 0 Å². The van der Waals surface area contributed by atoms with Gasteiger partial charge in [0.1, 0.15) is 0 Å². The zero-order valence-corrected chi connectivity index (χ0v) is 7.81. The normalized spacial score (nSPS) is 22.2. The SMILES string of the molecule is CC1=CC2=CC=CC3=CC=NC(=N1)N32. The van der Waals surface area contributed by atoms with Crippen molar-refractivity contribution < 1.29 is 0 Å². The molecular formula is C11H9N3. The molecule has 0 saturated heterocycles. The average molecular weight is 183 g/mol. The number of aliphatic imine (C=N–C) groups is 2. The molecule has 3 heterocycles. The highest BCUT2D eigenvalue weighted by Gasteiger charge is 2.24. The third-order valence-corrected chi connectivity index (χ3v) is 2.32. The highest BCUT2D eigenvalue weighted by molar-refractivity contribution is 5.98. The van der Waals surface area contributed by atoms with Crippen molar-refractivity contribution >= 4 is 12.2 Å². The van der Waals surface area contributed by atoms with Crippen LogP contribution in [0.25, 0.3) is 0 Å². The molecule has 0 aromatic carbocycles. The van der Waals surface area contributed by atoms with Crippen molar-refractivity contribution in [2.45, 2.75) is 6.92 Å². The zero-order valence-electron chi connectivity index (χ0n) is 7.81. The summed E-state index contributed by atoms with van der Waals surface area (Å²) in [6, 6.07) is 0. The fourth-order valence-corrected chi connectivity index (χ4v) is 1.74. The summed E-state index contributed by atoms with van der Waals surface area (Å²) in [5, 5.41) is 0. The third kappa shape index (κ3) is 0.923. The summed E-state index contributed by atoms with van der Waals surface area (Å²) < 4.78 is 0. The van der Waals surface area contributed by atoms with Gasteiger partial charge < -0.3 is 0 Å². The lowest BCUT2D eigenvalue weighted by molar-refractivity contribution is 0.642. The van der Waals surface area contributed by atoms with Gasteiger partial charge in [-0.3, -0.25) is 4.90 Å². The highest BCUT2D eigenvalue weighted by Crippen LogP contribution is 2.27. The first-order chi connectivity index (χ1) is 6.84. The number of nitrogens with zero attached hydrogens (tertiary/aromatic N) is 3. The van der Waals surface area contributed by atoms with Crippen LogP contribution in [-0.4, -0.2) is 17.1 Å². The van der Waals surface area contributed by atoms with Gasteiger partial charge in [-0.15, -0.1) is 0 Å². The van der Waals surface area contributed by atoms with E-state index in [9.17, 15) is 0 Å². The summed E-state index contributed by atoms with van der Waals surface area (Å²) in [5.41, 5.74) is 3.26. The molecule has 3 aliphatic heterocycles. The van der Waals surface area contributed by atoms with Gasteiger partial charge in [0, 0.05) is 11.9 Å². The summed E-state index contributed by atoms with van der Waals surface area (Å²) in [5.74, 6) is 0.762. The molecule has 0 unspecified atom stereocenters. The van der Waals surface area contributed by atoms with Crippen LogP contribution in [0.15, 0.2) is 57.5 Å². The molecule has 0 amide bonds. The van der Waals surface area contributed by atoms with Gasteiger partial charge in [0.15, 0.2) is 0 Å². The van der Waals surface area contributed by atoms with E-state index in [4.69, 9.17) is 0 Å². The number of hydrogen-bond donors (Lipinski definition) is 0. The van der Waals surface area contributed by atoms with E-state index in [1.54, 1.807) is 6.21 Å². The quantitative estimate of drug-likeness (QED) is 0.564. The topological polar surface area (TPSA) is 28.0 Å². The van der Waals surface area contributed by atoms with Crippen molar-refractivity contribution in [1.29, 1.82) is 0 Å². The first-order valence-corrected chi connectivity index (χ1v) is 4.54. The Morgan fingerprint density at radius 2 is 2.14 bits per heavy atom. The second-order valence-corrected chi connectivity index (χ2v) is 3.35. The molecule has 3 nitrogen and oxygen atoms in total. The fourth-order valence-electron chi connectivity index (χ4n) is 1.74. The molecule has 0 bridgehead atoms. The lowest BCUT2D eigenvalue weighted by Gasteiger charge is -2.31. The molecule has 3 aliphatic rings. The maximum Gasteiger partial charge on any atom is 0.234 e. The van der Waals surface area contributed by atoms with E-state index in [0.29, 0.717) is 0 Å². The Bertz CT molecular complexity index is 471. The molecule has 3 heteroatoms. The van der Waals surface area contributed by atoms with Crippen molar-refractivity contribution in [3.8, 4) is 0 Å². The minimum Gasteiger partial charge on any atom is -0.279 e. The molecule has 14 heavy (non-hydrogen) atoms. The van der Waals surface area contributed by atoms with Crippen LogP contribution in [0, 0.1) is 0 Å². The maximum absolute atomic E-state index is 4.38. The molecular weight excluding hydrogens is 174 g/mol. The number of rotatable bonds is 0. The van der Waals surface area contributed by atoms with Crippen LogP contribution in [0.1, 0.15) is 6.92 Å². The van der Waals surface area contributed by atoms with E-state index >= 15 is 0 Å². The molecule has 3 rings (SSSR count). The lowest BCUT2D eigenvalue weighted by atomic mass is 10.1. The first-order valence-electron chi connectivity index (χ1n) is 4.54. The predicted molar refractivity (Wildman–Crippen MR) is 56.8 cm³/mol. The van der Waals surface area contributed by atoms with Gasteiger partial charge in [-0.25, -0.2) is 9.98 Å². The van der Waals surface area contributed by atoms with Crippen LogP contribution >= 0.6 is 0 Å². The lowest BCUT2D eigenvalue weighted by Crippen LogP contribution is -2.32. The second kappa shape index (κ2) is 2.54. The van der Waals surface area contributed by atoms with E-state index in [-0.39, 0.29) is 0 Å². The fraction of sp³-hybridized carbons (Fsp3) is 0.0909. The monoisotopic (exact) mass is 183 g/mol. The van der Waals surface area contributed by atoms with Crippen molar-refractivity contribution in [2.24, 2.45) is 9.98 Å². The van der Waals surface area contributed by atoms with Crippen LogP contribution in [0.2, 0.25) is 0 Å². The van der Waals surface area contributed by atoms with Crippen molar-refractivity contribution in [2.75, 3.05) is 0 Å². The Balaban J connectivity index is 2.23.